The van der Waals surface area contributed by atoms with Crippen molar-refractivity contribution in [2.24, 2.45) is 0 Å². The largest absolute Gasteiger partial charge is 0.477 e. The maximum atomic E-state index is 12.0. The molecule has 1 amide bonds. The molecule has 0 saturated heterocycles. The number of nitro groups is 1. The highest BCUT2D eigenvalue weighted by Gasteiger charge is 2.15. The number of hydrogen-bond donors (Lipinski definition) is 1. The Hall–Kier alpha value is -2.41. The molecule has 0 saturated carbocycles. The Morgan fingerprint density at radius 2 is 1.87 bits per heavy atom. The van der Waals surface area contributed by atoms with Gasteiger partial charge in [-0.1, -0.05) is 28.1 Å². The molecule has 0 radical (unpaired) electrons. The fourth-order valence-electron chi connectivity index (χ4n) is 2.16. The van der Waals surface area contributed by atoms with Crippen molar-refractivity contribution < 1.29 is 14.5 Å². The zero-order chi connectivity index (χ0) is 17.0. The summed E-state index contributed by atoms with van der Waals surface area (Å²) in [6.07, 6.45) is 0. The Bertz CT molecular complexity index is 738. The number of aryl methyl sites for hydroxylation is 2. The Morgan fingerprint density at radius 1 is 1.26 bits per heavy atom. The summed E-state index contributed by atoms with van der Waals surface area (Å²) in [5.74, 6) is -0.312. The topological polar surface area (TPSA) is 81.5 Å². The maximum Gasteiger partial charge on any atom is 0.310 e. The van der Waals surface area contributed by atoms with Crippen LogP contribution in [-0.4, -0.2) is 17.4 Å². The molecule has 23 heavy (non-hydrogen) atoms. The third-order valence-electron chi connectivity index (χ3n) is 3.18. The first-order chi connectivity index (χ1) is 10.9. The Kier molecular flexibility index (Phi) is 5.33. The molecule has 2 aromatic carbocycles. The van der Waals surface area contributed by atoms with E-state index in [9.17, 15) is 14.9 Å². The van der Waals surface area contributed by atoms with Crippen LogP contribution in [-0.2, 0) is 4.79 Å². The fraction of sp³-hybridized carbons (Fsp3) is 0.188. The van der Waals surface area contributed by atoms with Crippen LogP contribution in [0.15, 0.2) is 40.9 Å². The van der Waals surface area contributed by atoms with Crippen LogP contribution in [0.2, 0.25) is 0 Å². The van der Waals surface area contributed by atoms with Crippen molar-refractivity contribution in [1.29, 1.82) is 0 Å². The lowest BCUT2D eigenvalue weighted by Gasteiger charge is -2.13. The van der Waals surface area contributed by atoms with Gasteiger partial charge >= 0.3 is 5.69 Å². The quantitative estimate of drug-likeness (QED) is 0.629. The number of nitrogens with zero attached hydrogens (tertiary/aromatic N) is 1. The van der Waals surface area contributed by atoms with Gasteiger partial charge in [0.15, 0.2) is 12.4 Å². The molecule has 120 valence electrons. The van der Waals surface area contributed by atoms with Gasteiger partial charge in [0, 0.05) is 16.2 Å². The monoisotopic (exact) mass is 378 g/mol. The first-order valence-electron chi connectivity index (χ1n) is 6.81. The van der Waals surface area contributed by atoms with Crippen LogP contribution < -0.4 is 10.1 Å². The van der Waals surface area contributed by atoms with Gasteiger partial charge in [0.05, 0.1) is 4.92 Å². The predicted molar refractivity (Wildman–Crippen MR) is 90.8 cm³/mol. The second-order valence-corrected chi connectivity index (χ2v) is 5.89. The normalized spacial score (nSPS) is 10.2. The lowest BCUT2D eigenvalue weighted by atomic mass is 10.1. The summed E-state index contributed by atoms with van der Waals surface area (Å²) < 4.78 is 6.21. The minimum absolute atomic E-state index is 0.0666. The van der Waals surface area contributed by atoms with Crippen molar-refractivity contribution in [3.63, 3.8) is 0 Å². The molecule has 0 fully saturated rings. The molecule has 6 nitrogen and oxygen atoms in total. The van der Waals surface area contributed by atoms with Crippen LogP contribution in [0.3, 0.4) is 0 Å². The summed E-state index contributed by atoms with van der Waals surface area (Å²) in [7, 11) is 0. The van der Waals surface area contributed by atoms with Crippen molar-refractivity contribution in [2.45, 2.75) is 13.8 Å². The number of para-hydroxylation sites is 2. The SMILES string of the molecule is Cc1cc(Br)cc(C)c1NC(=O)COc1ccccc1[N+](=O)[O-]. The van der Waals surface area contributed by atoms with Crippen LogP contribution in [0.4, 0.5) is 11.4 Å². The van der Waals surface area contributed by atoms with E-state index in [-0.39, 0.29) is 24.0 Å². The summed E-state index contributed by atoms with van der Waals surface area (Å²) in [5, 5.41) is 13.7. The number of ether oxygens (including phenoxy) is 1. The summed E-state index contributed by atoms with van der Waals surface area (Å²) in [6.45, 7) is 3.46. The minimum atomic E-state index is -0.545. The van der Waals surface area contributed by atoms with Gasteiger partial charge in [-0.05, 0) is 43.2 Å². The van der Waals surface area contributed by atoms with Gasteiger partial charge in [0.1, 0.15) is 0 Å². The molecule has 2 aromatic rings. The number of carbonyl (C=O) groups is 1. The van der Waals surface area contributed by atoms with Crippen molar-refractivity contribution in [3.05, 3.63) is 62.1 Å². The van der Waals surface area contributed by atoms with E-state index < -0.39 is 4.92 Å². The molecule has 0 aliphatic rings. The number of nitrogens with one attached hydrogen (secondary N) is 1. The van der Waals surface area contributed by atoms with Gasteiger partial charge in [-0.3, -0.25) is 14.9 Å². The summed E-state index contributed by atoms with van der Waals surface area (Å²) in [4.78, 5) is 22.4. The van der Waals surface area contributed by atoms with Crippen molar-refractivity contribution >= 4 is 33.2 Å². The van der Waals surface area contributed by atoms with Gasteiger partial charge in [-0.25, -0.2) is 0 Å². The van der Waals surface area contributed by atoms with Crippen LogP contribution in [0.5, 0.6) is 5.75 Å². The van der Waals surface area contributed by atoms with E-state index >= 15 is 0 Å². The molecule has 0 aromatic heterocycles. The van der Waals surface area contributed by atoms with Gasteiger partial charge < -0.3 is 10.1 Å². The highest BCUT2D eigenvalue weighted by atomic mass is 79.9. The lowest BCUT2D eigenvalue weighted by Crippen LogP contribution is -2.21. The number of carbonyl (C=O) groups excluding carboxylic acids is 1. The number of nitro benzene ring substituents is 1. The standard InChI is InChI=1S/C16H15BrN2O4/c1-10-7-12(17)8-11(2)16(10)18-15(20)9-23-14-6-4-3-5-13(14)19(21)22/h3-8H,9H2,1-2H3,(H,18,20). The first-order valence-corrected chi connectivity index (χ1v) is 7.60. The van der Waals surface area contributed by atoms with Gasteiger partial charge in [-0.2, -0.15) is 0 Å². The van der Waals surface area contributed by atoms with Crippen molar-refractivity contribution in [1.82, 2.24) is 0 Å². The Labute approximate surface area is 141 Å². The highest BCUT2D eigenvalue weighted by molar-refractivity contribution is 9.10. The molecule has 0 aliphatic carbocycles. The first kappa shape index (κ1) is 17.0. The number of benzene rings is 2. The van der Waals surface area contributed by atoms with E-state index in [2.05, 4.69) is 21.2 Å². The average molecular weight is 379 g/mol. The lowest BCUT2D eigenvalue weighted by molar-refractivity contribution is -0.385. The van der Waals surface area contributed by atoms with Crippen molar-refractivity contribution in [3.8, 4) is 5.75 Å². The molecule has 0 heterocycles. The fourth-order valence-corrected chi connectivity index (χ4v) is 2.84. The van der Waals surface area contributed by atoms with Crippen LogP contribution in [0, 0.1) is 24.0 Å². The molecule has 0 unspecified atom stereocenters. The number of rotatable bonds is 5. The molecule has 0 atom stereocenters. The zero-order valence-electron chi connectivity index (χ0n) is 12.6. The van der Waals surface area contributed by atoms with E-state index in [4.69, 9.17) is 4.74 Å². The Balaban J connectivity index is 2.06. The summed E-state index contributed by atoms with van der Waals surface area (Å²) in [6, 6.07) is 9.73. The van der Waals surface area contributed by atoms with E-state index in [0.29, 0.717) is 5.69 Å². The van der Waals surface area contributed by atoms with Crippen LogP contribution in [0.1, 0.15) is 11.1 Å². The average Bonchev–Trinajstić information content (AvgIpc) is 2.49. The highest BCUT2D eigenvalue weighted by Crippen LogP contribution is 2.27. The summed E-state index contributed by atoms with van der Waals surface area (Å²) in [5.41, 5.74) is 2.37. The molecule has 0 spiro atoms. The van der Waals surface area contributed by atoms with Gasteiger partial charge in [0.2, 0.25) is 0 Å². The third kappa shape index (κ3) is 4.29. The van der Waals surface area contributed by atoms with Gasteiger partial charge in [0.25, 0.3) is 5.91 Å². The molecule has 1 N–H and O–H groups in total. The number of anilines is 1. The number of halogens is 1. The predicted octanol–water partition coefficient (Wildman–Crippen LogP) is 3.99. The number of hydrogen-bond acceptors (Lipinski definition) is 4. The zero-order valence-corrected chi connectivity index (χ0v) is 14.2. The van der Waals surface area contributed by atoms with Gasteiger partial charge in [-0.15, -0.1) is 0 Å². The second-order valence-electron chi connectivity index (χ2n) is 4.98. The van der Waals surface area contributed by atoms with E-state index in [1.807, 2.05) is 26.0 Å². The molecular weight excluding hydrogens is 364 g/mol. The smallest absolute Gasteiger partial charge is 0.310 e. The molecular formula is C16H15BrN2O4. The molecule has 0 bridgehead atoms. The maximum absolute atomic E-state index is 12.0. The van der Waals surface area contributed by atoms with Crippen molar-refractivity contribution in [2.75, 3.05) is 11.9 Å². The van der Waals surface area contributed by atoms with Crippen LogP contribution in [0.25, 0.3) is 0 Å². The second kappa shape index (κ2) is 7.23. The molecule has 0 aliphatic heterocycles. The molecule has 7 heteroatoms. The molecule has 2 rings (SSSR count). The van der Waals surface area contributed by atoms with E-state index in [0.717, 1.165) is 15.6 Å². The van der Waals surface area contributed by atoms with E-state index in [1.165, 1.54) is 12.1 Å². The number of amides is 1. The third-order valence-corrected chi connectivity index (χ3v) is 3.64. The minimum Gasteiger partial charge on any atom is -0.477 e. The Morgan fingerprint density at radius 3 is 2.48 bits per heavy atom. The van der Waals surface area contributed by atoms with E-state index in [1.54, 1.807) is 12.1 Å². The summed E-state index contributed by atoms with van der Waals surface area (Å²) >= 11 is 3.39. The van der Waals surface area contributed by atoms with Crippen LogP contribution >= 0.6 is 15.9 Å².